The maximum atomic E-state index is 12.8. The molecule has 3 aromatic rings. The minimum absolute atomic E-state index is 0.00300. The number of carbonyl (C=O) groups is 1. The summed E-state index contributed by atoms with van der Waals surface area (Å²) in [6.45, 7) is 7.94. The fourth-order valence-corrected chi connectivity index (χ4v) is 5.95. The smallest absolute Gasteiger partial charge is 0.237 e. The minimum atomic E-state index is -0.236. The molecule has 27 heavy (non-hydrogen) atoms. The number of rotatable bonds is 4. The van der Waals surface area contributed by atoms with Crippen LogP contribution in [0.5, 0.6) is 0 Å². The van der Waals surface area contributed by atoms with Gasteiger partial charge in [0.2, 0.25) is 5.91 Å². The number of aryl methyl sites for hydroxylation is 5. The van der Waals surface area contributed by atoms with Gasteiger partial charge in [0, 0.05) is 16.0 Å². The van der Waals surface area contributed by atoms with Crippen LogP contribution in [0, 0.1) is 20.8 Å². The van der Waals surface area contributed by atoms with E-state index in [4.69, 9.17) is 0 Å². The second-order valence-electron chi connectivity index (χ2n) is 7.18. The number of carbonyl (C=O) groups excluding carboxylic acids is 1. The molecule has 2 aromatic heterocycles. The van der Waals surface area contributed by atoms with Crippen LogP contribution in [0.3, 0.4) is 0 Å². The quantitative estimate of drug-likeness (QED) is 0.484. The normalized spacial score (nSPS) is 14.4. The second-order valence-corrected chi connectivity index (χ2v) is 9.59. The highest BCUT2D eigenvalue weighted by Crippen LogP contribution is 2.41. The predicted molar refractivity (Wildman–Crippen MR) is 114 cm³/mol. The molecule has 1 N–H and O–H groups in total. The molecule has 0 fully saturated rings. The number of anilines is 1. The van der Waals surface area contributed by atoms with Crippen molar-refractivity contribution in [2.24, 2.45) is 0 Å². The molecule has 0 unspecified atom stereocenters. The van der Waals surface area contributed by atoms with Crippen molar-refractivity contribution in [2.75, 3.05) is 5.32 Å². The third kappa shape index (κ3) is 3.60. The zero-order valence-electron chi connectivity index (χ0n) is 16.0. The van der Waals surface area contributed by atoms with Crippen molar-refractivity contribution in [3.8, 4) is 0 Å². The molecule has 1 aliphatic carbocycles. The average Bonchev–Trinajstić information content (AvgIpc) is 3.17. The van der Waals surface area contributed by atoms with Crippen LogP contribution in [0.4, 0.5) is 5.69 Å². The Morgan fingerprint density at radius 2 is 2.04 bits per heavy atom. The van der Waals surface area contributed by atoms with E-state index in [1.807, 2.05) is 32.9 Å². The summed E-state index contributed by atoms with van der Waals surface area (Å²) < 4.78 is 0. The Bertz CT molecular complexity index is 1040. The Kier molecular flexibility index (Phi) is 4.95. The topological polar surface area (TPSA) is 54.9 Å². The van der Waals surface area contributed by atoms with Crippen molar-refractivity contribution in [3.63, 3.8) is 0 Å². The van der Waals surface area contributed by atoms with Gasteiger partial charge in [0.15, 0.2) is 0 Å². The van der Waals surface area contributed by atoms with E-state index in [1.165, 1.54) is 39.6 Å². The summed E-state index contributed by atoms with van der Waals surface area (Å²) in [5, 5.41) is 4.95. The van der Waals surface area contributed by atoms with E-state index in [0.717, 1.165) is 39.8 Å². The lowest BCUT2D eigenvalue weighted by Gasteiger charge is -2.14. The molecule has 2 heterocycles. The maximum Gasteiger partial charge on any atom is 0.237 e. The Hall–Kier alpha value is -1.92. The van der Waals surface area contributed by atoms with E-state index in [9.17, 15) is 4.79 Å². The molecule has 0 radical (unpaired) electrons. The van der Waals surface area contributed by atoms with Crippen LogP contribution < -0.4 is 5.32 Å². The largest absolute Gasteiger partial charge is 0.325 e. The van der Waals surface area contributed by atoms with Crippen LogP contribution in [-0.2, 0) is 17.6 Å². The number of aromatic nitrogens is 2. The van der Waals surface area contributed by atoms with Gasteiger partial charge in [-0.2, -0.15) is 0 Å². The lowest BCUT2D eigenvalue weighted by Crippen LogP contribution is -2.23. The van der Waals surface area contributed by atoms with Gasteiger partial charge in [-0.05, 0) is 64.2 Å². The third-order valence-electron chi connectivity index (χ3n) is 4.94. The molecule has 0 saturated heterocycles. The van der Waals surface area contributed by atoms with Gasteiger partial charge in [-0.1, -0.05) is 29.5 Å². The van der Waals surface area contributed by atoms with E-state index in [-0.39, 0.29) is 11.2 Å². The molecule has 1 atom stereocenters. The summed E-state index contributed by atoms with van der Waals surface area (Å²) >= 11 is 3.33. The second kappa shape index (κ2) is 7.24. The monoisotopic (exact) mass is 397 g/mol. The van der Waals surface area contributed by atoms with Gasteiger partial charge in [0.25, 0.3) is 0 Å². The zero-order valence-corrected chi connectivity index (χ0v) is 17.7. The number of nitrogens with zero attached hydrogens (tertiary/aromatic N) is 2. The fourth-order valence-electron chi connectivity index (χ4n) is 3.56. The van der Waals surface area contributed by atoms with Gasteiger partial charge in [0.1, 0.15) is 15.7 Å². The van der Waals surface area contributed by atoms with E-state index >= 15 is 0 Å². The van der Waals surface area contributed by atoms with Crippen LogP contribution in [0.1, 0.15) is 40.7 Å². The fraction of sp³-hybridized carbons (Fsp3) is 0.381. The Labute approximate surface area is 167 Å². The van der Waals surface area contributed by atoms with Crippen molar-refractivity contribution < 1.29 is 4.79 Å². The van der Waals surface area contributed by atoms with E-state index < -0.39 is 0 Å². The molecule has 1 amide bonds. The number of amides is 1. The van der Waals surface area contributed by atoms with E-state index in [1.54, 1.807) is 11.3 Å². The first kappa shape index (κ1) is 18.4. The molecular weight excluding hydrogens is 374 g/mol. The highest BCUT2D eigenvalue weighted by Gasteiger charge is 2.24. The van der Waals surface area contributed by atoms with Crippen LogP contribution in [-0.4, -0.2) is 21.1 Å². The van der Waals surface area contributed by atoms with Gasteiger partial charge in [-0.3, -0.25) is 4.79 Å². The van der Waals surface area contributed by atoms with Crippen LogP contribution in [0.2, 0.25) is 0 Å². The molecule has 1 aliphatic rings. The lowest BCUT2D eigenvalue weighted by molar-refractivity contribution is -0.115. The summed E-state index contributed by atoms with van der Waals surface area (Å²) in [4.78, 5) is 24.6. The molecule has 0 spiro atoms. The van der Waals surface area contributed by atoms with Crippen LogP contribution in [0.25, 0.3) is 10.2 Å². The molecular formula is C21H23N3OS2. The number of hydrogen-bond donors (Lipinski definition) is 1. The summed E-state index contributed by atoms with van der Waals surface area (Å²) in [5.74, 6) is 0.773. The van der Waals surface area contributed by atoms with Crippen molar-refractivity contribution in [3.05, 3.63) is 45.6 Å². The molecule has 0 saturated carbocycles. The van der Waals surface area contributed by atoms with Gasteiger partial charge < -0.3 is 5.32 Å². The molecule has 0 bridgehead atoms. The lowest BCUT2D eigenvalue weighted by atomic mass is 10.1. The van der Waals surface area contributed by atoms with Gasteiger partial charge in [0.05, 0.1) is 5.25 Å². The highest BCUT2D eigenvalue weighted by molar-refractivity contribution is 8.00. The van der Waals surface area contributed by atoms with Crippen molar-refractivity contribution >= 4 is 44.9 Å². The minimum Gasteiger partial charge on any atom is -0.325 e. The first-order valence-corrected chi connectivity index (χ1v) is 11.0. The predicted octanol–water partition coefficient (Wildman–Crippen LogP) is 5.22. The number of hydrogen-bond acceptors (Lipinski definition) is 5. The van der Waals surface area contributed by atoms with Crippen LogP contribution in [0.15, 0.2) is 23.2 Å². The van der Waals surface area contributed by atoms with Gasteiger partial charge in [-0.15, -0.1) is 11.3 Å². The SMILES string of the molecule is Cc1ccc(NC(=O)[C@@H](C)Sc2nc(C)nc3sc4c(c23)CCC4)c(C)c1. The standard InChI is InChI=1S/C21H23N3OS2/c1-11-8-9-16(12(2)10-11)24-19(25)13(3)26-20-18-15-6-5-7-17(15)27-21(18)23-14(4)22-20/h8-10,13H,5-7H2,1-4H3,(H,24,25)/t13-/m1/s1. The maximum absolute atomic E-state index is 12.8. The zero-order chi connectivity index (χ0) is 19.1. The first-order chi connectivity index (χ1) is 12.9. The van der Waals surface area contributed by atoms with Crippen molar-refractivity contribution in [1.29, 1.82) is 0 Å². The molecule has 6 heteroatoms. The molecule has 1 aromatic carbocycles. The van der Waals surface area contributed by atoms with Gasteiger partial charge in [-0.25, -0.2) is 9.97 Å². The average molecular weight is 398 g/mol. The number of fused-ring (bicyclic) bond motifs is 3. The molecule has 4 nitrogen and oxygen atoms in total. The molecule has 4 rings (SSSR count). The number of thiophene rings is 1. The number of nitrogens with one attached hydrogen (secondary N) is 1. The van der Waals surface area contributed by atoms with Crippen LogP contribution >= 0.6 is 23.1 Å². The number of thioether (sulfide) groups is 1. The Morgan fingerprint density at radius 1 is 1.22 bits per heavy atom. The van der Waals surface area contributed by atoms with Crippen molar-refractivity contribution in [2.45, 2.75) is 57.2 Å². The summed E-state index contributed by atoms with van der Waals surface area (Å²) in [5.41, 5.74) is 4.55. The highest BCUT2D eigenvalue weighted by atomic mass is 32.2. The Balaban J connectivity index is 1.59. The summed E-state index contributed by atoms with van der Waals surface area (Å²) in [6, 6.07) is 6.07. The van der Waals surface area contributed by atoms with E-state index in [0.29, 0.717) is 0 Å². The Morgan fingerprint density at radius 3 is 2.81 bits per heavy atom. The first-order valence-electron chi connectivity index (χ1n) is 9.26. The van der Waals surface area contributed by atoms with E-state index in [2.05, 4.69) is 28.3 Å². The number of benzene rings is 1. The third-order valence-corrected chi connectivity index (χ3v) is 7.21. The summed E-state index contributed by atoms with van der Waals surface area (Å²) in [6.07, 6.45) is 3.44. The van der Waals surface area contributed by atoms with Gasteiger partial charge >= 0.3 is 0 Å². The van der Waals surface area contributed by atoms with Crippen molar-refractivity contribution in [1.82, 2.24) is 9.97 Å². The summed E-state index contributed by atoms with van der Waals surface area (Å²) in [7, 11) is 0. The molecule has 0 aliphatic heterocycles. The molecule has 140 valence electrons.